The fourth-order valence-corrected chi connectivity index (χ4v) is 4.61. The molecule has 0 unspecified atom stereocenters. The standard InChI is InChI=1S/C22H23Br2N3O4/c1-2-30-20(28)14-31-21-18(23)11-15(12-19(21)24)13-25-26-22(29)16-5-7-17(8-6-16)27-9-3-4-10-27/h5-8,11-13H,2-4,9-10,14H2,1H3,(H,26,29)/b25-13-. The van der Waals surface area contributed by atoms with Gasteiger partial charge in [0.15, 0.2) is 6.61 Å². The van der Waals surface area contributed by atoms with E-state index in [0.29, 0.717) is 26.9 Å². The van der Waals surface area contributed by atoms with Gasteiger partial charge in [-0.15, -0.1) is 0 Å². The average Bonchev–Trinajstić information content (AvgIpc) is 3.28. The van der Waals surface area contributed by atoms with Crippen molar-refractivity contribution in [2.24, 2.45) is 5.10 Å². The van der Waals surface area contributed by atoms with Crippen LogP contribution in [0.1, 0.15) is 35.7 Å². The number of nitrogens with one attached hydrogen (secondary N) is 1. The first-order valence-corrected chi connectivity index (χ1v) is 11.5. The topological polar surface area (TPSA) is 80.2 Å². The van der Waals surface area contributed by atoms with Gasteiger partial charge in [0.2, 0.25) is 0 Å². The lowest BCUT2D eigenvalue weighted by atomic mass is 10.2. The fourth-order valence-electron chi connectivity index (χ4n) is 3.15. The summed E-state index contributed by atoms with van der Waals surface area (Å²) < 4.78 is 11.6. The SMILES string of the molecule is CCOC(=O)COc1c(Br)cc(/C=N\NC(=O)c2ccc(N3CCCC3)cc2)cc1Br. The Kier molecular flexibility index (Phi) is 8.48. The van der Waals surface area contributed by atoms with Crippen LogP contribution < -0.4 is 15.1 Å². The Bertz CT molecular complexity index is 935. The van der Waals surface area contributed by atoms with Crippen LogP contribution in [0.3, 0.4) is 0 Å². The first-order chi connectivity index (χ1) is 15.0. The Hall–Kier alpha value is -2.39. The minimum atomic E-state index is -0.442. The van der Waals surface area contributed by atoms with E-state index in [4.69, 9.17) is 9.47 Å². The number of amides is 1. The van der Waals surface area contributed by atoms with E-state index >= 15 is 0 Å². The predicted molar refractivity (Wildman–Crippen MR) is 127 cm³/mol. The van der Waals surface area contributed by atoms with E-state index in [1.807, 2.05) is 12.1 Å². The number of rotatable bonds is 8. The molecule has 31 heavy (non-hydrogen) atoms. The summed E-state index contributed by atoms with van der Waals surface area (Å²) in [7, 11) is 0. The Labute approximate surface area is 198 Å². The van der Waals surface area contributed by atoms with Gasteiger partial charge in [-0.3, -0.25) is 4.79 Å². The van der Waals surface area contributed by atoms with Crippen LogP contribution in [-0.4, -0.2) is 44.4 Å². The van der Waals surface area contributed by atoms with Crippen molar-refractivity contribution >= 4 is 55.6 Å². The quantitative estimate of drug-likeness (QED) is 0.296. The summed E-state index contributed by atoms with van der Waals surface area (Å²) in [4.78, 5) is 26.1. The Balaban J connectivity index is 1.57. The molecule has 3 rings (SSSR count). The van der Waals surface area contributed by atoms with Crippen LogP contribution in [0, 0.1) is 0 Å². The zero-order valence-corrected chi connectivity index (χ0v) is 20.2. The van der Waals surface area contributed by atoms with E-state index in [1.165, 1.54) is 19.1 Å². The van der Waals surface area contributed by atoms with Crippen LogP contribution >= 0.6 is 31.9 Å². The third-order valence-corrected chi connectivity index (χ3v) is 5.82. The van der Waals surface area contributed by atoms with Crippen LogP contribution in [0.2, 0.25) is 0 Å². The molecule has 1 saturated heterocycles. The molecule has 2 aromatic rings. The number of ether oxygens (including phenoxy) is 2. The van der Waals surface area contributed by atoms with E-state index in [2.05, 4.69) is 47.3 Å². The van der Waals surface area contributed by atoms with Gasteiger partial charge in [0.05, 0.1) is 21.8 Å². The van der Waals surface area contributed by atoms with Gasteiger partial charge in [-0.25, -0.2) is 10.2 Å². The van der Waals surface area contributed by atoms with Gasteiger partial charge >= 0.3 is 5.97 Å². The number of hydrogen-bond acceptors (Lipinski definition) is 6. The summed E-state index contributed by atoms with van der Waals surface area (Å²) in [5.41, 5.74) is 4.95. The van der Waals surface area contributed by atoms with E-state index < -0.39 is 5.97 Å². The number of hydrogen-bond donors (Lipinski definition) is 1. The van der Waals surface area contributed by atoms with Crippen molar-refractivity contribution in [3.8, 4) is 5.75 Å². The molecular formula is C22H23Br2N3O4. The highest BCUT2D eigenvalue weighted by Crippen LogP contribution is 2.34. The minimum Gasteiger partial charge on any atom is -0.480 e. The first-order valence-electron chi connectivity index (χ1n) is 9.94. The smallest absolute Gasteiger partial charge is 0.344 e. The number of benzene rings is 2. The second-order valence-electron chi connectivity index (χ2n) is 6.85. The number of esters is 1. The largest absolute Gasteiger partial charge is 0.480 e. The molecular weight excluding hydrogens is 530 g/mol. The maximum Gasteiger partial charge on any atom is 0.344 e. The molecule has 0 atom stereocenters. The van der Waals surface area contributed by atoms with Gasteiger partial charge in [0.25, 0.3) is 5.91 Å². The summed E-state index contributed by atoms with van der Waals surface area (Å²) in [5.74, 6) is -0.243. The molecule has 164 valence electrons. The maximum atomic E-state index is 12.3. The molecule has 1 aliphatic rings. The van der Waals surface area contributed by atoms with Crippen molar-refractivity contribution in [2.75, 3.05) is 31.2 Å². The third kappa shape index (κ3) is 6.54. The van der Waals surface area contributed by atoms with E-state index in [9.17, 15) is 9.59 Å². The zero-order chi connectivity index (χ0) is 22.2. The van der Waals surface area contributed by atoms with Gasteiger partial charge in [-0.1, -0.05) is 0 Å². The monoisotopic (exact) mass is 551 g/mol. The molecule has 0 saturated carbocycles. The maximum absolute atomic E-state index is 12.3. The van der Waals surface area contributed by atoms with E-state index in [-0.39, 0.29) is 12.5 Å². The summed E-state index contributed by atoms with van der Waals surface area (Å²) in [5, 5.41) is 4.04. The van der Waals surface area contributed by atoms with Crippen LogP contribution in [0.5, 0.6) is 5.75 Å². The van der Waals surface area contributed by atoms with Crippen molar-refractivity contribution in [3.05, 3.63) is 56.5 Å². The first kappa shape index (κ1) is 23.3. The Morgan fingerprint density at radius 1 is 1.13 bits per heavy atom. The van der Waals surface area contributed by atoms with Crippen molar-refractivity contribution in [3.63, 3.8) is 0 Å². The minimum absolute atomic E-state index is 0.189. The molecule has 1 heterocycles. The normalized spacial score (nSPS) is 13.5. The van der Waals surface area contributed by atoms with Gasteiger partial charge in [0.1, 0.15) is 5.75 Å². The highest BCUT2D eigenvalue weighted by atomic mass is 79.9. The van der Waals surface area contributed by atoms with Gasteiger partial charge in [0, 0.05) is 24.3 Å². The average molecular weight is 553 g/mol. The number of anilines is 1. The molecule has 0 spiro atoms. The lowest BCUT2D eigenvalue weighted by molar-refractivity contribution is -0.145. The highest BCUT2D eigenvalue weighted by Gasteiger charge is 2.13. The van der Waals surface area contributed by atoms with Crippen molar-refractivity contribution in [2.45, 2.75) is 19.8 Å². The van der Waals surface area contributed by atoms with E-state index in [1.54, 1.807) is 31.2 Å². The number of carbonyl (C=O) groups is 2. The van der Waals surface area contributed by atoms with Crippen LogP contribution in [0.25, 0.3) is 0 Å². The summed E-state index contributed by atoms with van der Waals surface area (Å²) >= 11 is 6.84. The van der Waals surface area contributed by atoms with Crippen LogP contribution in [0.15, 0.2) is 50.4 Å². The zero-order valence-electron chi connectivity index (χ0n) is 17.1. The summed E-state index contributed by atoms with van der Waals surface area (Å²) in [6, 6.07) is 11.1. The summed E-state index contributed by atoms with van der Waals surface area (Å²) in [6.07, 6.45) is 3.95. The molecule has 0 aromatic heterocycles. The fraction of sp³-hybridized carbons (Fsp3) is 0.318. The number of carbonyl (C=O) groups excluding carboxylic acids is 2. The second-order valence-corrected chi connectivity index (χ2v) is 8.56. The lowest BCUT2D eigenvalue weighted by Gasteiger charge is -2.17. The molecule has 1 amide bonds. The second kappa shape index (κ2) is 11.3. The van der Waals surface area contributed by atoms with Crippen molar-refractivity contribution < 1.29 is 19.1 Å². The van der Waals surface area contributed by atoms with Crippen LogP contribution in [-0.2, 0) is 9.53 Å². The van der Waals surface area contributed by atoms with Crippen LogP contribution in [0.4, 0.5) is 5.69 Å². The van der Waals surface area contributed by atoms with Crippen molar-refractivity contribution in [1.82, 2.24) is 5.43 Å². The molecule has 0 aliphatic carbocycles. The van der Waals surface area contributed by atoms with Gasteiger partial charge < -0.3 is 14.4 Å². The molecule has 1 aliphatic heterocycles. The van der Waals surface area contributed by atoms with E-state index in [0.717, 1.165) is 24.3 Å². The predicted octanol–water partition coefficient (Wildman–Crippen LogP) is 4.52. The molecule has 2 aromatic carbocycles. The molecule has 0 radical (unpaired) electrons. The third-order valence-electron chi connectivity index (χ3n) is 4.64. The number of halogens is 2. The summed E-state index contributed by atoms with van der Waals surface area (Å²) in [6.45, 7) is 3.97. The molecule has 7 nitrogen and oxygen atoms in total. The van der Waals surface area contributed by atoms with Gasteiger partial charge in [-0.2, -0.15) is 5.10 Å². The number of nitrogens with zero attached hydrogens (tertiary/aromatic N) is 2. The molecule has 1 N–H and O–H groups in total. The highest BCUT2D eigenvalue weighted by molar-refractivity contribution is 9.11. The molecule has 9 heteroatoms. The number of hydrazone groups is 1. The molecule has 1 fully saturated rings. The van der Waals surface area contributed by atoms with Gasteiger partial charge in [-0.05, 0) is 93.6 Å². The Morgan fingerprint density at radius 3 is 2.39 bits per heavy atom. The molecule has 0 bridgehead atoms. The van der Waals surface area contributed by atoms with Crippen molar-refractivity contribution in [1.29, 1.82) is 0 Å². The lowest BCUT2D eigenvalue weighted by Crippen LogP contribution is -2.19. The Morgan fingerprint density at radius 2 is 1.77 bits per heavy atom.